The SMILES string of the molecule is Nc1nc(/C(=N/O)C(=O)N[C@@H]2C(=O)N3C(C(=O)O)=C(C[n+]4cccc(Br)c4)CS[C@@H]23)ns1. The van der Waals surface area contributed by atoms with E-state index in [-0.39, 0.29) is 16.7 Å². The number of rotatable bonds is 6. The van der Waals surface area contributed by atoms with Crippen LogP contribution in [-0.4, -0.2) is 65.2 Å². The summed E-state index contributed by atoms with van der Waals surface area (Å²) < 4.78 is 6.45. The summed E-state index contributed by atoms with van der Waals surface area (Å²) in [5.41, 5.74) is 5.47. The van der Waals surface area contributed by atoms with Crippen LogP contribution in [0.1, 0.15) is 5.82 Å². The van der Waals surface area contributed by atoms with Crippen molar-refractivity contribution in [2.24, 2.45) is 5.16 Å². The Bertz CT molecular complexity index is 1180. The number of halogens is 1. The van der Waals surface area contributed by atoms with E-state index >= 15 is 0 Å². The zero-order chi connectivity index (χ0) is 23.0. The maximum absolute atomic E-state index is 12.8. The van der Waals surface area contributed by atoms with Gasteiger partial charge in [0.25, 0.3) is 11.8 Å². The number of carboxylic acid groups (broad SMARTS) is 1. The number of thioether (sulfide) groups is 1. The molecule has 2 aliphatic rings. The standard InChI is InChI=1S/C17H14BrN7O5S2/c18-8-2-1-3-24(5-8)4-7-6-31-15-10(14(27)25(15)11(7)16(28)29)20-13(26)9(22-30)12-21-17(19)32-23-12/h1-3,5,10,15H,4,6H2,(H4-,19,20,21,23,26,28,29,30)/p+1/t10-,15+/m1/s1. The van der Waals surface area contributed by atoms with Crippen LogP contribution >= 0.6 is 39.2 Å². The largest absolute Gasteiger partial charge is 0.477 e. The first-order valence-corrected chi connectivity index (χ1v) is 11.6. The lowest BCUT2D eigenvalue weighted by atomic mass is 10.0. The predicted molar refractivity (Wildman–Crippen MR) is 117 cm³/mol. The number of nitrogens with zero attached hydrogens (tertiary/aromatic N) is 5. The highest BCUT2D eigenvalue weighted by Crippen LogP contribution is 2.40. The monoisotopic (exact) mass is 540 g/mol. The highest BCUT2D eigenvalue weighted by Gasteiger charge is 2.54. The van der Waals surface area contributed by atoms with Crippen LogP contribution in [0.5, 0.6) is 0 Å². The number of carbonyl (C=O) groups is 3. The van der Waals surface area contributed by atoms with Gasteiger partial charge in [-0.25, -0.2) is 4.79 Å². The second-order valence-electron chi connectivity index (χ2n) is 6.72. The molecule has 0 spiro atoms. The van der Waals surface area contributed by atoms with Gasteiger partial charge in [0.2, 0.25) is 11.5 Å². The lowest BCUT2D eigenvalue weighted by Crippen LogP contribution is -2.71. The third-order valence-electron chi connectivity index (χ3n) is 4.70. The van der Waals surface area contributed by atoms with Crippen LogP contribution in [0.15, 0.2) is 45.4 Å². The molecule has 1 fully saturated rings. The third kappa shape index (κ3) is 4.05. The number of β-lactam (4-membered cyclic amide) rings is 1. The summed E-state index contributed by atoms with van der Waals surface area (Å²) in [6.45, 7) is 0.292. The molecule has 0 radical (unpaired) electrons. The summed E-state index contributed by atoms with van der Waals surface area (Å²) in [7, 11) is 0. The van der Waals surface area contributed by atoms with Crippen molar-refractivity contribution >= 4 is 67.9 Å². The Morgan fingerprint density at radius 1 is 1.47 bits per heavy atom. The number of oxime groups is 1. The Morgan fingerprint density at radius 2 is 2.25 bits per heavy atom. The van der Waals surface area contributed by atoms with E-state index in [4.69, 9.17) is 5.73 Å². The maximum Gasteiger partial charge on any atom is 0.352 e. The van der Waals surface area contributed by atoms with Crippen molar-refractivity contribution in [3.63, 3.8) is 0 Å². The lowest BCUT2D eigenvalue weighted by Gasteiger charge is -2.49. The molecule has 0 bridgehead atoms. The van der Waals surface area contributed by atoms with Crippen molar-refractivity contribution in [1.82, 2.24) is 19.6 Å². The van der Waals surface area contributed by atoms with E-state index in [0.29, 0.717) is 17.9 Å². The molecule has 166 valence electrons. The average Bonchev–Trinajstić information content (AvgIpc) is 3.17. The van der Waals surface area contributed by atoms with Gasteiger partial charge in [0.05, 0.1) is 4.47 Å². The normalized spacial score (nSPS) is 20.6. The number of nitrogen functional groups attached to an aromatic ring is 1. The Hall–Kier alpha value is -3.04. The van der Waals surface area contributed by atoms with Crippen molar-refractivity contribution in [1.29, 1.82) is 0 Å². The van der Waals surface area contributed by atoms with E-state index in [1.807, 2.05) is 16.7 Å². The van der Waals surface area contributed by atoms with Gasteiger partial charge >= 0.3 is 5.97 Å². The van der Waals surface area contributed by atoms with E-state index < -0.39 is 34.9 Å². The van der Waals surface area contributed by atoms with Crippen LogP contribution in [0.3, 0.4) is 0 Å². The molecule has 2 aromatic heterocycles. The van der Waals surface area contributed by atoms with E-state index in [9.17, 15) is 24.7 Å². The molecule has 2 aromatic rings. The topological polar surface area (TPSA) is 175 Å². The summed E-state index contributed by atoms with van der Waals surface area (Å²) in [5.74, 6) is -2.49. The van der Waals surface area contributed by atoms with Crippen LogP contribution in [0.2, 0.25) is 0 Å². The molecular formula is C17H15BrN7O5S2+. The number of hydrogen-bond donors (Lipinski definition) is 4. The van der Waals surface area contributed by atoms with Crippen LogP contribution in [0.25, 0.3) is 0 Å². The Kier molecular flexibility index (Phi) is 6.12. The zero-order valence-electron chi connectivity index (χ0n) is 16.0. The van der Waals surface area contributed by atoms with E-state index in [1.54, 1.807) is 12.4 Å². The first-order valence-electron chi connectivity index (χ1n) is 8.97. The minimum atomic E-state index is -1.22. The van der Waals surface area contributed by atoms with Gasteiger partial charge in [-0.1, -0.05) is 5.16 Å². The van der Waals surface area contributed by atoms with Crippen molar-refractivity contribution in [2.45, 2.75) is 18.0 Å². The molecule has 4 rings (SSSR count). The van der Waals surface area contributed by atoms with Gasteiger partial charge in [-0.15, -0.1) is 11.8 Å². The summed E-state index contributed by atoms with van der Waals surface area (Å²) >= 11 is 5.52. The van der Waals surface area contributed by atoms with Gasteiger partial charge in [0, 0.05) is 28.9 Å². The van der Waals surface area contributed by atoms with Gasteiger partial charge in [0.15, 0.2) is 24.1 Å². The summed E-state index contributed by atoms with van der Waals surface area (Å²) in [4.78, 5) is 42.3. The quantitative estimate of drug-likeness (QED) is 0.127. The second-order valence-corrected chi connectivity index (χ2v) is 9.52. The van der Waals surface area contributed by atoms with Crippen molar-refractivity contribution < 1.29 is 29.3 Å². The molecule has 5 N–H and O–H groups in total. The van der Waals surface area contributed by atoms with E-state index in [2.05, 4.69) is 35.8 Å². The van der Waals surface area contributed by atoms with Crippen LogP contribution < -0.4 is 15.6 Å². The summed E-state index contributed by atoms with van der Waals surface area (Å²) in [5, 5.41) is 23.8. The minimum Gasteiger partial charge on any atom is -0.477 e. The van der Waals surface area contributed by atoms with Crippen molar-refractivity contribution in [2.75, 3.05) is 11.5 Å². The molecule has 12 nitrogen and oxygen atoms in total. The molecule has 0 unspecified atom stereocenters. The highest BCUT2D eigenvalue weighted by molar-refractivity contribution is 9.10. The molecule has 0 saturated carbocycles. The number of nitrogens with one attached hydrogen (secondary N) is 1. The van der Waals surface area contributed by atoms with Crippen molar-refractivity contribution in [3.8, 4) is 0 Å². The number of anilines is 1. The lowest BCUT2D eigenvalue weighted by molar-refractivity contribution is -0.689. The number of amides is 2. The minimum absolute atomic E-state index is 0.0785. The summed E-state index contributed by atoms with van der Waals surface area (Å²) in [6.07, 6.45) is 3.60. The van der Waals surface area contributed by atoms with Crippen molar-refractivity contribution in [3.05, 3.63) is 46.1 Å². The number of nitrogens with two attached hydrogens (primary N) is 1. The van der Waals surface area contributed by atoms with Gasteiger partial charge in [-0.05, 0) is 22.0 Å². The van der Waals surface area contributed by atoms with Gasteiger partial charge in [-0.2, -0.15) is 13.9 Å². The van der Waals surface area contributed by atoms with E-state index in [0.717, 1.165) is 16.0 Å². The molecule has 32 heavy (non-hydrogen) atoms. The number of carbonyl (C=O) groups excluding carboxylic acids is 2. The Labute approximate surface area is 197 Å². The zero-order valence-corrected chi connectivity index (χ0v) is 19.2. The molecule has 0 aliphatic carbocycles. The molecule has 4 heterocycles. The van der Waals surface area contributed by atoms with Crippen LogP contribution in [0.4, 0.5) is 5.13 Å². The average molecular weight is 541 g/mol. The first-order chi connectivity index (χ1) is 15.3. The Balaban J connectivity index is 1.53. The highest BCUT2D eigenvalue weighted by atomic mass is 79.9. The number of aliphatic carboxylic acids is 1. The van der Waals surface area contributed by atoms with Crippen LogP contribution in [-0.2, 0) is 20.9 Å². The predicted octanol–water partition coefficient (Wildman–Crippen LogP) is -0.213. The number of fused-ring (bicyclic) bond motifs is 1. The molecular weight excluding hydrogens is 526 g/mol. The smallest absolute Gasteiger partial charge is 0.352 e. The van der Waals surface area contributed by atoms with Crippen LogP contribution in [0, 0.1) is 0 Å². The fourth-order valence-electron chi connectivity index (χ4n) is 3.35. The molecule has 0 aromatic carbocycles. The first kappa shape index (κ1) is 22.2. The molecule has 2 amide bonds. The fraction of sp³-hybridized carbons (Fsp3) is 0.235. The van der Waals surface area contributed by atoms with E-state index in [1.165, 1.54) is 16.7 Å². The summed E-state index contributed by atoms with van der Waals surface area (Å²) in [6, 6.07) is 2.67. The number of pyridine rings is 1. The fourth-order valence-corrected chi connectivity index (χ4v) is 5.53. The number of aromatic nitrogens is 3. The second kappa shape index (κ2) is 8.84. The maximum atomic E-state index is 12.8. The number of hydrogen-bond acceptors (Lipinski definition) is 10. The molecule has 15 heteroatoms. The van der Waals surface area contributed by atoms with Gasteiger partial charge < -0.3 is 21.4 Å². The third-order valence-corrected chi connectivity index (χ3v) is 7.05. The van der Waals surface area contributed by atoms with Gasteiger partial charge in [0.1, 0.15) is 17.1 Å². The van der Waals surface area contributed by atoms with Gasteiger partial charge in [-0.3, -0.25) is 14.5 Å². The number of carboxylic acids is 1. The molecule has 2 atom stereocenters. The molecule has 2 aliphatic heterocycles. The molecule has 1 saturated heterocycles. The Morgan fingerprint density at radius 3 is 2.88 bits per heavy atom.